The van der Waals surface area contributed by atoms with Gasteiger partial charge in [-0.05, 0) is 30.3 Å². The maximum absolute atomic E-state index is 12.5. The summed E-state index contributed by atoms with van der Waals surface area (Å²) in [5.74, 6) is 0.761. The number of carbonyl (C=O) groups is 1. The number of pyridine rings is 1. The minimum atomic E-state index is -0.249. The van der Waals surface area contributed by atoms with Gasteiger partial charge in [0.1, 0.15) is 12.4 Å². The summed E-state index contributed by atoms with van der Waals surface area (Å²) in [6.45, 7) is 1.44. The highest BCUT2D eigenvalue weighted by molar-refractivity contribution is 6.30. The lowest BCUT2D eigenvalue weighted by atomic mass is 10.2. The van der Waals surface area contributed by atoms with E-state index in [1.165, 1.54) is 0 Å². The van der Waals surface area contributed by atoms with Crippen LogP contribution in [0.1, 0.15) is 22.6 Å². The molecule has 1 amide bonds. The van der Waals surface area contributed by atoms with Crippen molar-refractivity contribution < 1.29 is 14.3 Å². The van der Waals surface area contributed by atoms with E-state index in [0.29, 0.717) is 35.5 Å². The SMILES string of the molecule is O=C(NCc1nncn1-c1ccc(Cl)cc1)c1ccnc(OC2CCOC2)c1. The second kappa shape index (κ2) is 8.37. The van der Waals surface area contributed by atoms with Crippen LogP contribution >= 0.6 is 11.6 Å². The van der Waals surface area contributed by atoms with E-state index < -0.39 is 0 Å². The Morgan fingerprint density at radius 1 is 1.32 bits per heavy atom. The number of nitrogens with zero attached hydrogens (tertiary/aromatic N) is 4. The zero-order valence-corrected chi connectivity index (χ0v) is 15.7. The Morgan fingerprint density at radius 2 is 2.18 bits per heavy atom. The number of aromatic nitrogens is 4. The van der Waals surface area contributed by atoms with Crippen LogP contribution in [0.4, 0.5) is 0 Å². The maximum Gasteiger partial charge on any atom is 0.251 e. The predicted octanol–water partition coefficient (Wildman–Crippen LogP) is 2.41. The van der Waals surface area contributed by atoms with E-state index in [4.69, 9.17) is 21.1 Å². The van der Waals surface area contributed by atoms with Crippen LogP contribution in [0.5, 0.6) is 5.88 Å². The molecule has 1 saturated heterocycles. The molecule has 1 aromatic carbocycles. The summed E-state index contributed by atoms with van der Waals surface area (Å²) in [4.78, 5) is 16.7. The third-order valence-corrected chi connectivity index (χ3v) is 4.55. The number of carbonyl (C=O) groups excluding carboxylic acids is 1. The first-order valence-electron chi connectivity index (χ1n) is 8.82. The van der Waals surface area contributed by atoms with Gasteiger partial charge in [-0.2, -0.15) is 0 Å². The largest absolute Gasteiger partial charge is 0.472 e. The van der Waals surface area contributed by atoms with Gasteiger partial charge in [-0.3, -0.25) is 9.36 Å². The summed E-state index contributed by atoms with van der Waals surface area (Å²) in [7, 11) is 0. The molecule has 9 heteroatoms. The lowest BCUT2D eigenvalue weighted by Crippen LogP contribution is -2.25. The molecule has 1 unspecified atom stereocenters. The second-order valence-electron chi connectivity index (χ2n) is 6.26. The Bertz CT molecular complexity index is 954. The molecule has 28 heavy (non-hydrogen) atoms. The number of hydrogen-bond donors (Lipinski definition) is 1. The van der Waals surface area contributed by atoms with Gasteiger partial charge in [-0.15, -0.1) is 10.2 Å². The Balaban J connectivity index is 1.41. The standard InChI is InChI=1S/C19H18ClN5O3/c20-14-1-3-15(4-2-14)25-12-23-24-17(25)10-22-19(26)13-5-7-21-18(9-13)28-16-6-8-27-11-16/h1-5,7,9,12,16H,6,8,10-11H2,(H,22,26). The minimum Gasteiger partial charge on any atom is -0.472 e. The molecule has 1 aliphatic heterocycles. The average molecular weight is 400 g/mol. The molecule has 1 N–H and O–H groups in total. The van der Waals surface area contributed by atoms with Gasteiger partial charge < -0.3 is 14.8 Å². The third-order valence-electron chi connectivity index (χ3n) is 4.30. The van der Waals surface area contributed by atoms with Crippen LogP contribution in [-0.4, -0.2) is 45.0 Å². The number of ether oxygens (including phenoxy) is 2. The summed E-state index contributed by atoms with van der Waals surface area (Å²) in [5.41, 5.74) is 1.32. The molecule has 1 atom stereocenters. The van der Waals surface area contributed by atoms with E-state index in [1.54, 1.807) is 41.4 Å². The number of rotatable bonds is 6. The van der Waals surface area contributed by atoms with Gasteiger partial charge in [0.15, 0.2) is 5.82 Å². The van der Waals surface area contributed by atoms with Crippen LogP contribution < -0.4 is 10.1 Å². The molecule has 0 radical (unpaired) electrons. The predicted molar refractivity (Wildman–Crippen MR) is 102 cm³/mol. The molecule has 1 fully saturated rings. The monoisotopic (exact) mass is 399 g/mol. The fourth-order valence-electron chi connectivity index (χ4n) is 2.85. The normalized spacial score (nSPS) is 16.1. The minimum absolute atomic E-state index is 0.0243. The Hall–Kier alpha value is -2.97. The first-order chi connectivity index (χ1) is 13.7. The number of benzene rings is 1. The van der Waals surface area contributed by atoms with Gasteiger partial charge in [-0.25, -0.2) is 4.98 Å². The molecular formula is C19H18ClN5O3. The molecule has 8 nitrogen and oxygen atoms in total. The van der Waals surface area contributed by atoms with Gasteiger partial charge in [0.2, 0.25) is 5.88 Å². The molecule has 0 aliphatic carbocycles. The molecule has 144 valence electrons. The summed E-state index contributed by atoms with van der Waals surface area (Å²) >= 11 is 5.93. The van der Waals surface area contributed by atoms with Crippen LogP contribution in [0.15, 0.2) is 48.9 Å². The molecule has 4 rings (SSSR count). The Morgan fingerprint density at radius 3 is 2.96 bits per heavy atom. The molecule has 3 aromatic rings. The van der Waals surface area contributed by atoms with Crippen LogP contribution in [0, 0.1) is 0 Å². The lowest BCUT2D eigenvalue weighted by Gasteiger charge is -2.12. The van der Waals surface area contributed by atoms with E-state index >= 15 is 0 Å². The number of hydrogen-bond acceptors (Lipinski definition) is 6. The van der Waals surface area contributed by atoms with Crippen LogP contribution in [0.2, 0.25) is 5.02 Å². The molecule has 3 heterocycles. The number of amides is 1. The van der Waals surface area contributed by atoms with Crippen LogP contribution in [0.3, 0.4) is 0 Å². The summed E-state index contributed by atoms with van der Waals surface area (Å²) in [5, 5.41) is 11.5. The molecule has 2 aromatic heterocycles. The molecule has 1 aliphatic rings. The van der Waals surface area contributed by atoms with Crippen molar-refractivity contribution in [3.8, 4) is 11.6 Å². The van der Waals surface area contributed by atoms with Crippen molar-refractivity contribution in [1.29, 1.82) is 0 Å². The number of nitrogens with one attached hydrogen (secondary N) is 1. The zero-order valence-electron chi connectivity index (χ0n) is 14.9. The summed E-state index contributed by atoms with van der Waals surface area (Å²) < 4.78 is 12.8. The lowest BCUT2D eigenvalue weighted by molar-refractivity contribution is 0.0948. The molecule has 0 spiro atoms. The first kappa shape index (κ1) is 18.4. The second-order valence-corrected chi connectivity index (χ2v) is 6.70. The average Bonchev–Trinajstić information content (AvgIpc) is 3.39. The topological polar surface area (TPSA) is 91.2 Å². The van der Waals surface area contributed by atoms with E-state index in [-0.39, 0.29) is 18.6 Å². The smallest absolute Gasteiger partial charge is 0.251 e. The van der Waals surface area contributed by atoms with E-state index in [1.807, 2.05) is 12.1 Å². The van der Waals surface area contributed by atoms with Gasteiger partial charge >= 0.3 is 0 Å². The molecule has 0 saturated carbocycles. The number of halogens is 1. The zero-order chi connectivity index (χ0) is 19.3. The molecule has 0 bridgehead atoms. The van der Waals surface area contributed by atoms with E-state index in [0.717, 1.165) is 12.1 Å². The van der Waals surface area contributed by atoms with E-state index in [2.05, 4.69) is 20.5 Å². The summed E-state index contributed by atoms with van der Waals surface area (Å²) in [6, 6.07) is 10.5. The highest BCUT2D eigenvalue weighted by atomic mass is 35.5. The van der Waals surface area contributed by atoms with Crippen molar-refractivity contribution >= 4 is 17.5 Å². The van der Waals surface area contributed by atoms with Gasteiger partial charge in [0, 0.05) is 35.0 Å². The van der Waals surface area contributed by atoms with Crippen LogP contribution in [0.25, 0.3) is 5.69 Å². The summed E-state index contributed by atoms with van der Waals surface area (Å²) in [6.07, 6.45) is 3.94. The fraction of sp³-hybridized carbons (Fsp3) is 0.263. The first-order valence-corrected chi connectivity index (χ1v) is 9.20. The van der Waals surface area contributed by atoms with Crippen molar-refractivity contribution in [1.82, 2.24) is 25.1 Å². The van der Waals surface area contributed by atoms with Crippen molar-refractivity contribution in [2.75, 3.05) is 13.2 Å². The van der Waals surface area contributed by atoms with Crippen LogP contribution in [-0.2, 0) is 11.3 Å². The van der Waals surface area contributed by atoms with Crippen molar-refractivity contribution in [3.63, 3.8) is 0 Å². The van der Waals surface area contributed by atoms with E-state index in [9.17, 15) is 4.79 Å². The highest BCUT2D eigenvalue weighted by Gasteiger charge is 2.18. The third kappa shape index (κ3) is 4.29. The maximum atomic E-state index is 12.5. The van der Waals surface area contributed by atoms with Crippen molar-refractivity contribution in [2.24, 2.45) is 0 Å². The quantitative estimate of drug-likeness (QED) is 0.684. The van der Waals surface area contributed by atoms with Gasteiger partial charge in [0.25, 0.3) is 5.91 Å². The van der Waals surface area contributed by atoms with Crippen molar-refractivity contribution in [2.45, 2.75) is 19.1 Å². The Kier molecular flexibility index (Phi) is 5.50. The van der Waals surface area contributed by atoms with Gasteiger partial charge in [0.05, 0.1) is 19.8 Å². The highest BCUT2D eigenvalue weighted by Crippen LogP contribution is 2.16. The van der Waals surface area contributed by atoms with Gasteiger partial charge in [-0.1, -0.05) is 11.6 Å². The van der Waals surface area contributed by atoms with Crippen molar-refractivity contribution in [3.05, 3.63) is 65.3 Å². The molecular weight excluding hydrogens is 382 g/mol. The fourth-order valence-corrected chi connectivity index (χ4v) is 2.98. The Labute approximate surface area is 166 Å².